The van der Waals surface area contributed by atoms with Crippen LogP contribution in [0.1, 0.15) is 10.4 Å². The molecule has 0 aliphatic carbocycles. The van der Waals surface area contributed by atoms with E-state index in [1.54, 1.807) is 0 Å². The van der Waals surface area contributed by atoms with E-state index in [1.807, 2.05) is 0 Å². The molecule has 0 spiro atoms. The first-order valence-electron chi connectivity index (χ1n) is 11.3. The zero-order valence-electron chi connectivity index (χ0n) is 19.3. The molecule has 2 unspecified atom stereocenters. The van der Waals surface area contributed by atoms with Crippen LogP contribution in [-0.4, -0.2) is 51.4 Å². The number of esters is 1. The van der Waals surface area contributed by atoms with Crippen molar-refractivity contribution in [1.82, 2.24) is 0 Å². The molecule has 2 heterocycles. The van der Waals surface area contributed by atoms with Crippen LogP contribution in [0.4, 0.5) is 13.2 Å². The maximum atomic E-state index is 14.4. The SMILES string of the molecule is O=C(Oc1ccc(OCOc2ccc(OCC3CO3)cc2F)c(F)c1)c1ccc(OCC2CO2)cc1F. The van der Waals surface area contributed by atoms with E-state index in [9.17, 15) is 18.0 Å². The summed E-state index contributed by atoms with van der Waals surface area (Å²) in [5, 5.41) is 0. The van der Waals surface area contributed by atoms with E-state index in [4.69, 9.17) is 33.2 Å². The molecule has 2 atom stereocenters. The number of rotatable bonds is 12. The largest absolute Gasteiger partial charge is 0.491 e. The number of halogens is 3. The molecule has 2 saturated heterocycles. The second kappa shape index (κ2) is 11.0. The number of hydrogen-bond acceptors (Lipinski definition) is 8. The lowest BCUT2D eigenvalue weighted by Crippen LogP contribution is -2.12. The van der Waals surface area contributed by atoms with E-state index < -0.39 is 30.2 Å². The van der Waals surface area contributed by atoms with Gasteiger partial charge in [-0.2, -0.15) is 0 Å². The van der Waals surface area contributed by atoms with Crippen LogP contribution in [0.15, 0.2) is 54.6 Å². The molecule has 0 bridgehead atoms. The zero-order chi connectivity index (χ0) is 25.8. The number of ether oxygens (including phenoxy) is 7. The lowest BCUT2D eigenvalue weighted by molar-refractivity contribution is 0.0728. The molecule has 5 rings (SSSR count). The standard InChI is InChI=1S/C26H21F3O8/c27-21-7-15(31-10-18-12-33-18)1-4-20(21)26(30)37-17-3-6-25(23(29)9-17)36-14-35-24-5-2-16(8-22(24)28)32-11-19-13-34-19/h1-9,18-19H,10-14H2. The highest BCUT2D eigenvalue weighted by atomic mass is 19.1. The monoisotopic (exact) mass is 518 g/mol. The summed E-state index contributed by atoms with van der Waals surface area (Å²) in [6.45, 7) is 1.35. The fourth-order valence-electron chi connectivity index (χ4n) is 3.13. The molecule has 37 heavy (non-hydrogen) atoms. The first-order chi connectivity index (χ1) is 17.9. The minimum Gasteiger partial charge on any atom is -0.491 e. The van der Waals surface area contributed by atoms with E-state index in [-0.39, 0.29) is 47.4 Å². The Morgan fingerprint density at radius 3 is 1.70 bits per heavy atom. The van der Waals surface area contributed by atoms with Crippen molar-refractivity contribution in [2.24, 2.45) is 0 Å². The van der Waals surface area contributed by atoms with Gasteiger partial charge in [-0.15, -0.1) is 0 Å². The Bertz CT molecular complexity index is 1280. The Balaban J connectivity index is 1.12. The third-order valence-corrected chi connectivity index (χ3v) is 5.28. The smallest absolute Gasteiger partial charge is 0.346 e. The molecule has 11 heteroatoms. The van der Waals surface area contributed by atoms with E-state index in [2.05, 4.69) is 0 Å². The number of epoxide rings is 2. The summed E-state index contributed by atoms with van der Waals surface area (Å²) < 4.78 is 79.2. The normalized spacial score (nSPS) is 17.6. The van der Waals surface area contributed by atoms with Gasteiger partial charge in [0, 0.05) is 18.2 Å². The van der Waals surface area contributed by atoms with Gasteiger partial charge in [0.15, 0.2) is 23.1 Å². The molecule has 2 aliphatic rings. The van der Waals surface area contributed by atoms with Crippen LogP contribution in [0.25, 0.3) is 0 Å². The van der Waals surface area contributed by atoms with Gasteiger partial charge in [-0.05, 0) is 36.4 Å². The van der Waals surface area contributed by atoms with Crippen molar-refractivity contribution >= 4 is 5.97 Å². The Morgan fingerprint density at radius 1 is 0.703 bits per heavy atom. The molecular weight excluding hydrogens is 497 g/mol. The highest BCUT2D eigenvalue weighted by Gasteiger charge is 2.24. The van der Waals surface area contributed by atoms with Gasteiger partial charge in [0.2, 0.25) is 6.79 Å². The molecule has 3 aromatic carbocycles. The lowest BCUT2D eigenvalue weighted by atomic mass is 10.2. The van der Waals surface area contributed by atoms with Crippen molar-refractivity contribution in [1.29, 1.82) is 0 Å². The van der Waals surface area contributed by atoms with E-state index in [0.29, 0.717) is 25.6 Å². The van der Waals surface area contributed by atoms with Gasteiger partial charge in [0.05, 0.1) is 18.8 Å². The number of carbonyl (C=O) groups is 1. The molecule has 0 radical (unpaired) electrons. The second-order valence-electron chi connectivity index (χ2n) is 8.15. The quantitative estimate of drug-likeness (QED) is 0.152. The topological polar surface area (TPSA) is 88.3 Å². The third-order valence-electron chi connectivity index (χ3n) is 5.28. The number of hydrogen-bond donors (Lipinski definition) is 0. The summed E-state index contributed by atoms with van der Waals surface area (Å²) in [6, 6.07) is 11.1. The Hall–Kier alpha value is -3.96. The average molecular weight is 518 g/mol. The highest BCUT2D eigenvalue weighted by Crippen LogP contribution is 2.27. The van der Waals surface area contributed by atoms with Crippen LogP contribution in [0, 0.1) is 17.5 Å². The van der Waals surface area contributed by atoms with Gasteiger partial charge in [0.25, 0.3) is 0 Å². The van der Waals surface area contributed by atoms with Gasteiger partial charge < -0.3 is 33.2 Å². The average Bonchev–Trinajstić information content (AvgIpc) is 3.79. The predicted molar refractivity (Wildman–Crippen MR) is 121 cm³/mol. The van der Waals surface area contributed by atoms with Crippen LogP contribution < -0.4 is 23.7 Å². The Kier molecular flexibility index (Phi) is 7.33. The van der Waals surface area contributed by atoms with Crippen molar-refractivity contribution in [3.8, 4) is 28.7 Å². The minimum absolute atomic E-state index is 0.00136. The summed E-state index contributed by atoms with van der Waals surface area (Å²) in [6.07, 6.45) is 0.0408. The molecule has 8 nitrogen and oxygen atoms in total. The first kappa shape index (κ1) is 24.7. The van der Waals surface area contributed by atoms with Gasteiger partial charge in [0.1, 0.15) is 48.5 Å². The molecule has 3 aromatic rings. The fraction of sp³-hybridized carbons (Fsp3) is 0.269. The fourth-order valence-corrected chi connectivity index (χ4v) is 3.13. The number of benzene rings is 3. The van der Waals surface area contributed by atoms with E-state index in [0.717, 1.165) is 18.2 Å². The molecule has 2 fully saturated rings. The van der Waals surface area contributed by atoms with E-state index >= 15 is 0 Å². The van der Waals surface area contributed by atoms with Crippen molar-refractivity contribution in [3.63, 3.8) is 0 Å². The summed E-state index contributed by atoms with van der Waals surface area (Å²) in [5.41, 5.74) is -0.344. The highest BCUT2D eigenvalue weighted by molar-refractivity contribution is 5.91. The molecule has 0 saturated carbocycles. The van der Waals surface area contributed by atoms with Gasteiger partial charge in [-0.1, -0.05) is 0 Å². The van der Waals surface area contributed by atoms with Crippen molar-refractivity contribution in [3.05, 3.63) is 77.6 Å². The maximum Gasteiger partial charge on any atom is 0.346 e. The van der Waals surface area contributed by atoms with Crippen molar-refractivity contribution in [2.45, 2.75) is 12.2 Å². The first-order valence-corrected chi connectivity index (χ1v) is 11.3. The van der Waals surface area contributed by atoms with Gasteiger partial charge >= 0.3 is 5.97 Å². The second-order valence-corrected chi connectivity index (χ2v) is 8.15. The Morgan fingerprint density at radius 2 is 1.19 bits per heavy atom. The third kappa shape index (κ3) is 6.83. The zero-order valence-corrected chi connectivity index (χ0v) is 19.3. The van der Waals surface area contributed by atoms with Gasteiger partial charge in [-0.25, -0.2) is 18.0 Å². The van der Waals surface area contributed by atoms with Crippen LogP contribution in [0.5, 0.6) is 28.7 Å². The molecule has 2 aliphatic heterocycles. The molecule has 0 N–H and O–H groups in total. The van der Waals surface area contributed by atoms with Crippen LogP contribution in [-0.2, 0) is 9.47 Å². The van der Waals surface area contributed by atoms with Crippen molar-refractivity contribution in [2.75, 3.05) is 33.2 Å². The number of carbonyl (C=O) groups excluding carboxylic acids is 1. The maximum absolute atomic E-state index is 14.4. The minimum atomic E-state index is -1.02. The summed E-state index contributed by atoms with van der Waals surface area (Å²) in [4.78, 5) is 12.3. The molecule has 194 valence electrons. The van der Waals surface area contributed by atoms with Crippen LogP contribution in [0.3, 0.4) is 0 Å². The summed E-state index contributed by atoms with van der Waals surface area (Å²) in [7, 11) is 0. The lowest BCUT2D eigenvalue weighted by Gasteiger charge is -2.12. The molecule has 0 aromatic heterocycles. The summed E-state index contributed by atoms with van der Waals surface area (Å²) in [5.74, 6) is -3.34. The molecule has 0 amide bonds. The predicted octanol–water partition coefficient (Wildman–Crippen LogP) is 4.29. The van der Waals surface area contributed by atoms with E-state index in [1.165, 1.54) is 36.4 Å². The van der Waals surface area contributed by atoms with Crippen molar-refractivity contribution < 1.29 is 51.1 Å². The molecular formula is C26H21F3O8. The Labute approximate surface area is 209 Å². The summed E-state index contributed by atoms with van der Waals surface area (Å²) >= 11 is 0. The van der Waals surface area contributed by atoms with Crippen LogP contribution in [0.2, 0.25) is 0 Å². The van der Waals surface area contributed by atoms with Gasteiger partial charge in [-0.3, -0.25) is 0 Å². The van der Waals surface area contributed by atoms with Crippen LogP contribution >= 0.6 is 0 Å².